The van der Waals surface area contributed by atoms with Gasteiger partial charge in [0.25, 0.3) is 0 Å². The van der Waals surface area contributed by atoms with E-state index in [0.717, 1.165) is 4.77 Å². The van der Waals surface area contributed by atoms with Crippen molar-refractivity contribution in [1.82, 2.24) is 9.55 Å². The van der Waals surface area contributed by atoms with Gasteiger partial charge in [-0.25, -0.2) is 0 Å². The molecule has 1 aromatic heterocycles. The molecule has 0 aliphatic heterocycles. The number of aromatic amines is 1. The van der Waals surface area contributed by atoms with Crippen LogP contribution in [0.1, 0.15) is 37.6 Å². The fraction of sp³-hybridized carbons (Fsp3) is 0.400. The summed E-state index contributed by atoms with van der Waals surface area (Å²) >= 11 is 5.43. The molecular formula is C15H20N2S. The molecule has 0 radical (unpaired) electrons. The normalized spacial score (nSPS) is 11.8. The molecule has 0 atom stereocenters. The Morgan fingerprint density at radius 2 is 1.83 bits per heavy atom. The van der Waals surface area contributed by atoms with Gasteiger partial charge < -0.3 is 4.98 Å². The summed E-state index contributed by atoms with van der Waals surface area (Å²) in [6.45, 7) is 10.8. The number of rotatable bonds is 1. The summed E-state index contributed by atoms with van der Waals surface area (Å²) in [5.41, 5.74) is 4.93. The Morgan fingerprint density at radius 3 is 2.44 bits per heavy atom. The van der Waals surface area contributed by atoms with Crippen LogP contribution in [-0.2, 0) is 5.41 Å². The Labute approximate surface area is 114 Å². The van der Waals surface area contributed by atoms with E-state index in [1.165, 1.54) is 22.5 Å². The molecule has 0 fully saturated rings. The summed E-state index contributed by atoms with van der Waals surface area (Å²) < 4.78 is 2.91. The van der Waals surface area contributed by atoms with Gasteiger partial charge >= 0.3 is 0 Å². The van der Waals surface area contributed by atoms with Gasteiger partial charge in [-0.15, -0.1) is 0 Å². The lowest BCUT2D eigenvalue weighted by molar-refractivity contribution is 0.555. The molecule has 2 aromatic rings. The van der Waals surface area contributed by atoms with Gasteiger partial charge in [0.1, 0.15) is 0 Å². The van der Waals surface area contributed by atoms with Gasteiger partial charge in [-0.3, -0.25) is 4.57 Å². The Morgan fingerprint density at radius 1 is 1.17 bits per heavy atom. The lowest BCUT2D eigenvalue weighted by Crippen LogP contribution is -2.17. The first-order valence-electron chi connectivity index (χ1n) is 6.19. The zero-order chi connectivity index (χ0) is 13.5. The number of hydrogen-bond acceptors (Lipinski definition) is 1. The third-order valence-electron chi connectivity index (χ3n) is 3.15. The SMILES string of the molecule is Cc1ccc(C)c(-n2c(C(C)(C)C)c[nH]c2=S)c1. The molecule has 0 unspecified atom stereocenters. The number of nitrogens with one attached hydrogen (secondary N) is 1. The van der Waals surface area contributed by atoms with Crippen molar-refractivity contribution >= 4 is 12.2 Å². The number of imidazole rings is 1. The molecular weight excluding hydrogens is 240 g/mol. The number of nitrogens with zero attached hydrogens (tertiary/aromatic N) is 1. The number of hydrogen-bond donors (Lipinski definition) is 1. The lowest BCUT2D eigenvalue weighted by Gasteiger charge is -2.22. The molecule has 0 aliphatic carbocycles. The van der Waals surface area contributed by atoms with Crippen molar-refractivity contribution < 1.29 is 0 Å². The van der Waals surface area contributed by atoms with Crippen LogP contribution in [0.3, 0.4) is 0 Å². The first-order chi connectivity index (χ1) is 8.30. The molecule has 3 heteroatoms. The van der Waals surface area contributed by atoms with Crippen LogP contribution in [0.15, 0.2) is 24.4 Å². The van der Waals surface area contributed by atoms with E-state index in [0.29, 0.717) is 0 Å². The van der Waals surface area contributed by atoms with Crippen molar-refractivity contribution in [3.05, 3.63) is 46.0 Å². The lowest BCUT2D eigenvalue weighted by atomic mass is 9.92. The van der Waals surface area contributed by atoms with E-state index in [2.05, 4.69) is 62.4 Å². The molecule has 96 valence electrons. The van der Waals surface area contributed by atoms with E-state index in [9.17, 15) is 0 Å². The van der Waals surface area contributed by atoms with Crippen molar-refractivity contribution in [2.24, 2.45) is 0 Å². The van der Waals surface area contributed by atoms with Crippen LogP contribution in [0.2, 0.25) is 0 Å². The van der Waals surface area contributed by atoms with Gasteiger partial charge in [0.2, 0.25) is 0 Å². The molecule has 0 spiro atoms. The topological polar surface area (TPSA) is 20.7 Å². The summed E-state index contributed by atoms with van der Waals surface area (Å²) in [4.78, 5) is 3.17. The minimum atomic E-state index is 0.0593. The Kier molecular flexibility index (Phi) is 3.20. The first kappa shape index (κ1) is 13.1. The highest BCUT2D eigenvalue weighted by molar-refractivity contribution is 7.71. The maximum atomic E-state index is 5.43. The third-order valence-corrected chi connectivity index (χ3v) is 3.45. The smallest absolute Gasteiger partial charge is 0.182 e. The van der Waals surface area contributed by atoms with Crippen molar-refractivity contribution in [2.75, 3.05) is 0 Å². The summed E-state index contributed by atoms with van der Waals surface area (Å²) in [5, 5.41) is 0. The van der Waals surface area contributed by atoms with Crippen molar-refractivity contribution in [1.29, 1.82) is 0 Å². The minimum Gasteiger partial charge on any atom is -0.337 e. The van der Waals surface area contributed by atoms with Crippen molar-refractivity contribution in [3.63, 3.8) is 0 Å². The van der Waals surface area contributed by atoms with Gasteiger partial charge in [0.05, 0.1) is 5.69 Å². The largest absolute Gasteiger partial charge is 0.337 e. The molecule has 0 saturated carbocycles. The molecule has 18 heavy (non-hydrogen) atoms. The highest BCUT2D eigenvalue weighted by Gasteiger charge is 2.20. The summed E-state index contributed by atoms with van der Waals surface area (Å²) in [5.74, 6) is 0. The Balaban J connectivity index is 2.75. The van der Waals surface area contributed by atoms with Gasteiger partial charge in [-0.1, -0.05) is 32.9 Å². The van der Waals surface area contributed by atoms with Crippen LogP contribution in [0.4, 0.5) is 0 Å². The van der Waals surface area contributed by atoms with Gasteiger partial charge in [-0.2, -0.15) is 0 Å². The monoisotopic (exact) mass is 260 g/mol. The standard InChI is InChI=1S/C15H20N2S/c1-10-6-7-11(2)12(8-10)17-13(15(3,4)5)9-16-14(17)18/h6-9H,1-5H3,(H,16,18). The number of benzene rings is 1. The van der Waals surface area contributed by atoms with Crippen LogP contribution in [0.5, 0.6) is 0 Å². The van der Waals surface area contributed by atoms with Gasteiger partial charge in [-0.05, 0) is 43.3 Å². The predicted molar refractivity (Wildman–Crippen MR) is 79.1 cm³/mol. The zero-order valence-electron chi connectivity index (χ0n) is 11.7. The van der Waals surface area contributed by atoms with Crippen molar-refractivity contribution in [2.45, 2.75) is 40.0 Å². The second-order valence-corrected chi connectivity index (χ2v) is 6.24. The first-order valence-corrected chi connectivity index (χ1v) is 6.60. The average molecular weight is 260 g/mol. The quantitative estimate of drug-likeness (QED) is 0.751. The molecule has 2 nitrogen and oxygen atoms in total. The minimum absolute atomic E-state index is 0.0593. The molecule has 1 heterocycles. The van der Waals surface area contributed by atoms with Crippen LogP contribution in [0.25, 0.3) is 5.69 Å². The number of aromatic nitrogens is 2. The van der Waals surface area contributed by atoms with Crippen LogP contribution in [-0.4, -0.2) is 9.55 Å². The summed E-state index contributed by atoms with van der Waals surface area (Å²) in [6, 6.07) is 6.46. The highest BCUT2D eigenvalue weighted by atomic mass is 32.1. The van der Waals surface area contributed by atoms with Crippen molar-refractivity contribution in [3.8, 4) is 5.69 Å². The molecule has 1 N–H and O–H groups in total. The maximum Gasteiger partial charge on any atom is 0.182 e. The van der Waals surface area contributed by atoms with E-state index < -0.39 is 0 Å². The second kappa shape index (κ2) is 4.39. The third kappa shape index (κ3) is 2.27. The molecule has 2 rings (SSSR count). The van der Waals surface area contributed by atoms with E-state index in [-0.39, 0.29) is 5.41 Å². The second-order valence-electron chi connectivity index (χ2n) is 5.85. The fourth-order valence-electron chi connectivity index (χ4n) is 2.12. The Bertz CT molecular complexity index is 627. The fourth-order valence-corrected chi connectivity index (χ4v) is 2.38. The molecule has 0 bridgehead atoms. The molecule has 0 saturated heterocycles. The maximum absolute atomic E-state index is 5.43. The van der Waals surface area contributed by atoms with E-state index in [1.54, 1.807) is 0 Å². The van der Waals surface area contributed by atoms with Gasteiger partial charge in [0, 0.05) is 17.3 Å². The van der Waals surface area contributed by atoms with E-state index >= 15 is 0 Å². The molecule has 0 aliphatic rings. The molecule has 0 amide bonds. The predicted octanol–water partition coefficient (Wildman–Crippen LogP) is 4.45. The van der Waals surface area contributed by atoms with E-state index in [1.807, 2.05) is 6.20 Å². The summed E-state index contributed by atoms with van der Waals surface area (Å²) in [6.07, 6.45) is 2.02. The van der Waals surface area contributed by atoms with E-state index in [4.69, 9.17) is 12.2 Å². The van der Waals surface area contributed by atoms with Crippen LogP contribution >= 0.6 is 12.2 Å². The summed E-state index contributed by atoms with van der Waals surface area (Å²) in [7, 11) is 0. The van der Waals surface area contributed by atoms with Gasteiger partial charge in [0.15, 0.2) is 4.77 Å². The molecule has 1 aromatic carbocycles. The zero-order valence-corrected chi connectivity index (χ0v) is 12.5. The highest BCUT2D eigenvalue weighted by Crippen LogP contribution is 2.27. The average Bonchev–Trinajstić information content (AvgIpc) is 2.63. The van der Waals surface area contributed by atoms with Crippen LogP contribution < -0.4 is 0 Å². The number of aryl methyl sites for hydroxylation is 2. The Hall–Kier alpha value is -1.35. The number of H-pyrrole nitrogens is 1. The van der Waals surface area contributed by atoms with Crippen LogP contribution in [0, 0.1) is 18.6 Å².